The number of ether oxygens (including phenoxy) is 1. The third kappa shape index (κ3) is 4.80. The lowest BCUT2D eigenvalue weighted by atomic mass is 10.3. The number of thiazole rings is 1. The van der Waals surface area contributed by atoms with Gasteiger partial charge in [-0.2, -0.15) is 0 Å². The Morgan fingerprint density at radius 2 is 2.23 bits per heavy atom. The predicted molar refractivity (Wildman–Crippen MR) is 87.2 cm³/mol. The highest BCUT2D eigenvalue weighted by atomic mass is 32.1. The summed E-state index contributed by atoms with van der Waals surface area (Å²) in [5.41, 5.74) is 0.722. The summed E-state index contributed by atoms with van der Waals surface area (Å²) in [5.74, 6) is 1.33. The maximum atomic E-state index is 10.9. The largest absolute Gasteiger partial charge is 0.493 e. The molecule has 0 saturated heterocycles. The average molecular weight is 320 g/mol. The van der Waals surface area contributed by atoms with E-state index >= 15 is 0 Å². The molecule has 0 aliphatic heterocycles. The summed E-state index contributed by atoms with van der Waals surface area (Å²) in [4.78, 5) is 28.3. The molecule has 1 aromatic heterocycles. The summed E-state index contributed by atoms with van der Waals surface area (Å²) in [5, 5.41) is 0.722. The second-order valence-electron chi connectivity index (χ2n) is 5.28. The van der Waals surface area contributed by atoms with Crippen LogP contribution >= 0.6 is 11.3 Å². The molecule has 0 amide bonds. The van der Waals surface area contributed by atoms with Crippen LogP contribution in [-0.2, 0) is 9.53 Å². The molecule has 0 spiro atoms. The van der Waals surface area contributed by atoms with Crippen molar-refractivity contribution in [2.24, 2.45) is 5.92 Å². The summed E-state index contributed by atoms with van der Waals surface area (Å²) in [6, 6.07) is 0. The molecule has 0 atom stereocenters. The summed E-state index contributed by atoms with van der Waals surface area (Å²) >= 11 is 1.33. The number of aromatic nitrogens is 1. The smallest absolute Gasteiger partial charge is 0.189 e. The SMILES string of the molecule is Cc1nc(N(C)/C=C\C(=C/C=O)OCCC2CC2)sc1C=O. The Hall–Kier alpha value is -1.95. The molecule has 1 fully saturated rings. The van der Waals surface area contributed by atoms with Gasteiger partial charge in [-0.05, 0) is 25.3 Å². The first kappa shape index (κ1) is 16.4. The van der Waals surface area contributed by atoms with Crippen molar-refractivity contribution in [2.75, 3.05) is 18.6 Å². The van der Waals surface area contributed by atoms with Crippen LogP contribution in [0.5, 0.6) is 0 Å². The van der Waals surface area contributed by atoms with E-state index in [-0.39, 0.29) is 0 Å². The minimum absolute atomic E-state index is 0.534. The van der Waals surface area contributed by atoms with Gasteiger partial charge in [0.1, 0.15) is 12.0 Å². The number of hydrogen-bond acceptors (Lipinski definition) is 6. The van der Waals surface area contributed by atoms with Crippen LogP contribution in [-0.4, -0.2) is 31.2 Å². The van der Waals surface area contributed by atoms with E-state index in [0.29, 0.717) is 17.2 Å². The Labute approximate surface area is 134 Å². The fraction of sp³-hybridized carbons (Fsp3) is 0.438. The zero-order chi connectivity index (χ0) is 15.9. The normalized spacial score (nSPS) is 15.1. The van der Waals surface area contributed by atoms with Crippen LogP contribution in [0.25, 0.3) is 0 Å². The minimum Gasteiger partial charge on any atom is -0.493 e. The molecule has 1 aliphatic rings. The molecule has 6 heteroatoms. The minimum atomic E-state index is 0.534. The predicted octanol–water partition coefficient (Wildman–Crippen LogP) is 3.11. The van der Waals surface area contributed by atoms with E-state index < -0.39 is 0 Å². The number of anilines is 1. The van der Waals surface area contributed by atoms with Gasteiger partial charge in [0.05, 0.1) is 17.2 Å². The van der Waals surface area contributed by atoms with Crippen LogP contribution in [0.1, 0.15) is 34.6 Å². The first-order valence-electron chi connectivity index (χ1n) is 7.26. The van der Waals surface area contributed by atoms with Crippen molar-refractivity contribution in [1.29, 1.82) is 0 Å². The quantitative estimate of drug-likeness (QED) is 0.303. The molecule has 118 valence electrons. The molecule has 0 aromatic carbocycles. The maximum absolute atomic E-state index is 10.9. The number of hydrogen-bond donors (Lipinski definition) is 0. The van der Waals surface area contributed by atoms with Gasteiger partial charge < -0.3 is 9.64 Å². The Kier molecular flexibility index (Phi) is 5.89. The van der Waals surface area contributed by atoms with E-state index in [4.69, 9.17) is 4.74 Å². The van der Waals surface area contributed by atoms with E-state index in [0.717, 1.165) is 35.7 Å². The number of carbonyl (C=O) groups is 2. The number of aldehydes is 2. The van der Waals surface area contributed by atoms with E-state index in [9.17, 15) is 9.59 Å². The molecule has 1 aromatic rings. The zero-order valence-electron chi connectivity index (χ0n) is 12.8. The van der Waals surface area contributed by atoms with Crippen molar-refractivity contribution in [3.8, 4) is 0 Å². The van der Waals surface area contributed by atoms with E-state index in [1.165, 1.54) is 30.3 Å². The van der Waals surface area contributed by atoms with Gasteiger partial charge in [-0.25, -0.2) is 4.98 Å². The number of aryl methyl sites for hydroxylation is 1. The van der Waals surface area contributed by atoms with Crippen LogP contribution in [0.4, 0.5) is 5.13 Å². The summed E-state index contributed by atoms with van der Waals surface area (Å²) in [6.45, 7) is 2.43. The van der Waals surface area contributed by atoms with Gasteiger partial charge in [0.15, 0.2) is 11.4 Å². The molecule has 2 rings (SSSR count). The van der Waals surface area contributed by atoms with Crippen LogP contribution < -0.4 is 4.90 Å². The van der Waals surface area contributed by atoms with Gasteiger partial charge >= 0.3 is 0 Å². The standard InChI is InChI=1S/C16H20N2O3S/c1-12-15(11-20)22-16(17-12)18(2)8-5-14(6-9-19)21-10-7-13-3-4-13/h5-6,8-9,11,13H,3-4,7,10H2,1-2H3/b8-5-,14-6+. The van der Waals surface area contributed by atoms with Crippen molar-refractivity contribution in [3.63, 3.8) is 0 Å². The molecular formula is C16H20N2O3S. The number of nitrogens with zero attached hydrogens (tertiary/aromatic N) is 2. The van der Waals surface area contributed by atoms with Gasteiger partial charge in [-0.3, -0.25) is 9.59 Å². The van der Waals surface area contributed by atoms with Crippen molar-refractivity contribution in [2.45, 2.75) is 26.2 Å². The summed E-state index contributed by atoms with van der Waals surface area (Å²) in [7, 11) is 1.84. The van der Waals surface area contributed by atoms with Gasteiger partial charge in [0.25, 0.3) is 0 Å². The van der Waals surface area contributed by atoms with E-state index in [1.54, 1.807) is 24.1 Å². The summed E-state index contributed by atoms with van der Waals surface area (Å²) in [6.07, 6.45) is 10.1. The molecule has 0 unspecified atom stereocenters. The number of rotatable bonds is 9. The molecule has 22 heavy (non-hydrogen) atoms. The van der Waals surface area contributed by atoms with E-state index in [1.807, 2.05) is 7.05 Å². The highest BCUT2D eigenvalue weighted by Crippen LogP contribution is 2.32. The molecule has 1 saturated carbocycles. The molecular weight excluding hydrogens is 300 g/mol. The molecule has 0 N–H and O–H groups in total. The maximum Gasteiger partial charge on any atom is 0.189 e. The third-order valence-corrected chi connectivity index (χ3v) is 4.59. The highest BCUT2D eigenvalue weighted by Gasteiger charge is 2.20. The van der Waals surface area contributed by atoms with Crippen LogP contribution in [0, 0.1) is 12.8 Å². The average Bonchev–Trinajstić information content (AvgIpc) is 3.25. The second-order valence-corrected chi connectivity index (χ2v) is 6.29. The van der Waals surface area contributed by atoms with Gasteiger partial charge in [-0.15, -0.1) is 0 Å². The Balaban J connectivity index is 1.94. The summed E-state index contributed by atoms with van der Waals surface area (Å²) < 4.78 is 5.61. The number of carbonyl (C=O) groups excluding carboxylic acids is 2. The third-order valence-electron chi connectivity index (χ3n) is 3.42. The van der Waals surface area contributed by atoms with Crippen LogP contribution in [0.3, 0.4) is 0 Å². The fourth-order valence-corrected chi connectivity index (χ4v) is 2.70. The molecule has 5 nitrogen and oxygen atoms in total. The van der Waals surface area contributed by atoms with Crippen LogP contribution in [0.2, 0.25) is 0 Å². The van der Waals surface area contributed by atoms with Gasteiger partial charge in [-0.1, -0.05) is 24.2 Å². The van der Waals surface area contributed by atoms with Crippen molar-refractivity contribution in [1.82, 2.24) is 4.98 Å². The molecule has 0 radical (unpaired) electrons. The van der Waals surface area contributed by atoms with Crippen LogP contribution in [0.15, 0.2) is 24.1 Å². The lowest BCUT2D eigenvalue weighted by Gasteiger charge is -2.10. The van der Waals surface area contributed by atoms with Crippen molar-refractivity contribution < 1.29 is 14.3 Å². The van der Waals surface area contributed by atoms with E-state index in [2.05, 4.69) is 4.98 Å². The first-order valence-corrected chi connectivity index (χ1v) is 8.07. The lowest BCUT2D eigenvalue weighted by Crippen LogP contribution is -2.07. The highest BCUT2D eigenvalue weighted by molar-refractivity contribution is 7.17. The van der Waals surface area contributed by atoms with Crippen molar-refractivity contribution >= 4 is 29.0 Å². The Morgan fingerprint density at radius 1 is 1.45 bits per heavy atom. The number of allylic oxidation sites excluding steroid dienone is 2. The first-order chi connectivity index (χ1) is 10.6. The zero-order valence-corrected chi connectivity index (χ0v) is 13.6. The topological polar surface area (TPSA) is 59.5 Å². The van der Waals surface area contributed by atoms with Gasteiger partial charge in [0, 0.05) is 19.3 Å². The second kappa shape index (κ2) is 7.89. The fourth-order valence-electron chi connectivity index (χ4n) is 1.87. The molecule has 0 bridgehead atoms. The molecule has 1 heterocycles. The monoisotopic (exact) mass is 320 g/mol. The van der Waals surface area contributed by atoms with Crippen molar-refractivity contribution in [3.05, 3.63) is 34.7 Å². The van der Waals surface area contributed by atoms with Gasteiger partial charge in [0.2, 0.25) is 0 Å². The Bertz CT molecular complexity index is 588. The Morgan fingerprint density at radius 3 is 2.82 bits per heavy atom. The molecule has 1 aliphatic carbocycles. The lowest BCUT2D eigenvalue weighted by molar-refractivity contribution is -0.104.